The van der Waals surface area contributed by atoms with Crippen LogP contribution in [-0.4, -0.2) is 23.1 Å². The van der Waals surface area contributed by atoms with Gasteiger partial charge in [0.2, 0.25) is 0 Å². The highest BCUT2D eigenvalue weighted by atomic mass is 16.5. The van der Waals surface area contributed by atoms with Crippen LogP contribution in [0.4, 0.5) is 0 Å². The van der Waals surface area contributed by atoms with Gasteiger partial charge in [-0.2, -0.15) is 0 Å². The number of esters is 1. The second-order valence-electron chi connectivity index (χ2n) is 9.48. The normalized spacial score (nSPS) is 20.6. The lowest BCUT2D eigenvalue weighted by atomic mass is 9.79. The van der Waals surface area contributed by atoms with Crippen molar-refractivity contribution in [3.63, 3.8) is 0 Å². The summed E-state index contributed by atoms with van der Waals surface area (Å²) in [6.45, 7) is 6.70. The molecule has 1 aliphatic carbocycles. The fraction of sp³-hybridized carbons (Fsp3) is 0.920. The number of aliphatic carboxylic acids is 1. The van der Waals surface area contributed by atoms with Crippen LogP contribution < -0.4 is 0 Å². The molecule has 29 heavy (non-hydrogen) atoms. The van der Waals surface area contributed by atoms with Gasteiger partial charge in [-0.1, -0.05) is 91.4 Å². The molecule has 170 valence electrons. The molecule has 3 unspecified atom stereocenters. The lowest BCUT2D eigenvalue weighted by Gasteiger charge is -2.28. The van der Waals surface area contributed by atoms with E-state index in [1.54, 1.807) is 0 Å². The first-order chi connectivity index (χ1) is 14.0. The molecular formula is C25H46O4. The third-order valence-electron chi connectivity index (χ3n) is 6.34. The molecule has 1 rings (SSSR count). The number of rotatable bonds is 16. The molecular weight excluding hydrogens is 364 g/mol. The van der Waals surface area contributed by atoms with Crippen molar-refractivity contribution in [1.82, 2.24) is 0 Å². The average Bonchev–Trinajstić information content (AvgIpc) is 2.69. The number of carboxylic acid groups (broad SMARTS) is 1. The summed E-state index contributed by atoms with van der Waals surface area (Å²) in [7, 11) is 0. The second kappa shape index (κ2) is 15.7. The maximum absolute atomic E-state index is 12.6. The maximum atomic E-state index is 12.6. The Morgan fingerprint density at radius 2 is 1.34 bits per heavy atom. The highest BCUT2D eigenvalue weighted by Gasteiger charge is 2.37. The molecule has 0 saturated heterocycles. The largest absolute Gasteiger partial charge is 0.481 e. The van der Waals surface area contributed by atoms with Crippen LogP contribution in [0, 0.1) is 17.8 Å². The highest BCUT2D eigenvalue weighted by molar-refractivity contribution is 5.81. The van der Waals surface area contributed by atoms with E-state index >= 15 is 0 Å². The van der Waals surface area contributed by atoms with Crippen molar-refractivity contribution < 1.29 is 19.4 Å². The van der Waals surface area contributed by atoms with Crippen molar-refractivity contribution in [2.45, 2.75) is 130 Å². The van der Waals surface area contributed by atoms with E-state index in [4.69, 9.17) is 4.74 Å². The molecule has 3 atom stereocenters. The van der Waals surface area contributed by atoms with Crippen LogP contribution in [0.25, 0.3) is 0 Å². The minimum Gasteiger partial charge on any atom is -0.481 e. The summed E-state index contributed by atoms with van der Waals surface area (Å²) in [5, 5.41) is 9.40. The van der Waals surface area contributed by atoms with E-state index < -0.39 is 17.8 Å². The van der Waals surface area contributed by atoms with Crippen molar-refractivity contribution in [3.05, 3.63) is 0 Å². The highest BCUT2D eigenvalue weighted by Crippen LogP contribution is 2.32. The summed E-state index contributed by atoms with van der Waals surface area (Å²) < 4.78 is 5.80. The fourth-order valence-electron chi connectivity index (χ4n) is 4.53. The van der Waals surface area contributed by atoms with Gasteiger partial charge in [-0.3, -0.25) is 9.59 Å². The molecule has 1 fully saturated rings. The predicted octanol–water partition coefficient (Wildman–Crippen LogP) is 7.15. The van der Waals surface area contributed by atoms with Crippen LogP contribution in [0.3, 0.4) is 0 Å². The Bertz CT molecular complexity index is 446. The summed E-state index contributed by atoms with van der Waals surface area (Å²) in [6, 6.07) is 0. The first-order valence-electron chi connectivity index (χ1n) is 12.4. The molecule has 0 aromatic heterocycles. The maximum Gasteiger partial charge on any atom is 0.310 e. The lowest BCUT2D eigenvalue weighted by Crippen LogP contribution is -2.35. The molecule has 0 bridgehead atoms. The third kappa shape index (κ3) is 11.6. The van der Waals surface area contributed by atoms with Crippen molar-refractivity contribution in [1.29, 1.82) is 0 Å². The van der Waals surface area contributed by atoms with E-state index in [1.165, 1.54) is 51.4 Å². The first kappa shape index (κ1) is 26.0. The second-order valence-corrected chi connectivity index (χ2v) is 9.48. The molecule has 1 N–H and O–H groups in total. The molecule has 4 nitrogen and oxygen atoms in total. The number of unbranched alkanes of at least 4 members (excludes halogenated alkanes) is 7. The first-order valence-corrected chi connectivity index (χ1v) is 12.4. The van der Waals surface area contributed by atoms with Crippen LogP contribution in [-0.2, 0) is 14.3 Å². The van der Waals surface area contributed by atoms with Gasteiger partial charge in [-0.25, -0.2) is 0 Å². The summed E-state index contributed by atoms with van der Waals surface area (Å²) in [4.78, 5) is 24.1. The van der Waals surface area contributed by atoms with E-state index in [9.17, 15) is 14.7 Å². The molecule has 0 aromatic rings. The topological polar surface area (TPSA) is 63.6 Å². The minimum atomic E-state index is -0.845. The quantitative estimate of drug-likeness (QED) is 0.217. The van der Waals surface area contributed by atoms with Gasteiger partial charge in [-0.15, -0.1) is 0 Å². The molecule has 0 amide bonds. The van der Waals surface area contributed by atoms with E-state index in [1.807, 2.05) is 0 Å². The van der Waals surface area contributed by atoms with Crippen LogP contribution in [0.15, 0.2) is 0 Å². The molecule has 0 aromatic carbocycles. The van der Waals surface area contributed by atoms with Crippen LogP contribution >= 0.6 is 0 Å². The van der Waals surface area contributed by atoms with E-state index in [-0.39, 0.29) is 12.1 Å². The van der Waals surface area contributed by atoms with E-state index in [2.05, 4.69) is 20.8 Å². The molecule has 0 radical (unpaired) electrons. The van der Waals surface area contributed by atoms with E-state index in [0.29, 0.717) is 12.8 Å². The van der Waals surface area contributed by atoms with Gasteiger partial charge >= 0.3 is 11.9 Å². The molecule has 1 aliphatic rings. The smallest absolute Gasteiger partial charge is 0.310 e. The Hall–Kier alpha value is -1.06. The number of ether oxygens (including phenoxy) is 1. The van der Waals surface area contributed by atoms with Gasteiger partial charge < -0.3 is 9.84 Å². The van der Waals surface area contributed by atoms with Gasteiger partial charge in [0.15, 0.2) is 0 Å². The Morgan fingerprint density at radius 1 is 0.828 bits per heavy atom. The Kier molecular flexibility index (Phi) is 14.1. The summed E-state index contributed by atoms with van der Waals surface area (Å²) in [5.74, 6) is -1.29. The van der Waals surface area contributed by atoms with Crippen molar-refractivity contribution in [2.75, 3.05) is 0 Å². The summed E-state index contributed by atoms with van der Waals surface area (Å²) >= 11 is 0. The number of carbonyl (C=O) groups is 2. The Balaban J connectivity index is 2.21. The average molecular weight is 411 g/mol. The zero-order chi connectivity index (χ0) is 21.5. The lowest BCUT2D eigenvalue weighted by molar-refractivity contribution is -0.164. The van der Waals surface area contributed by atoms with Gasteiger partial charge in [0.25, 0.3) is 0 Å². The van der Waals surface area contributed by atoms with Gasteiger partial charge in [0.05, 0.1) is 11.8 Å². The zero-order valence-electron chi connectivity index (χ0n) is 19.3. The summed E-state index contributed by atoms with van der Waals surface area (Å²) in [5.41, 5.74) is 0. The monoisotopic (exact) mass is 410 g/mol. The molecule has 4 heteroatoms. The van der Waals surface area contributed by atoms with Crippen molar-refractivity contribution >= 4 is 11.9 Å². The third-order valence-corrected chi connectivity index (χ3v) is 6.34. The van der Waals surface area contributed by atoms with Gasteiger partial charge in [-0.05, 0) is 38.0 Å². The standard InChI is InChI=1S/C25H46O4/c1-4-15-21(17-12-10-8-6-5-7-9-11-16-20(2)3)29-25(28)23-19-14-13-18-22(23)24(26)27/h20-23H,4-19H2,1-3H3,(H,26,27). The molecule has 0 aliphatic heterocycles. The molecule has 0 heterocycles. The zero-order valence-corrected chi connectivity index (χ0v) is 19.3. The number of carbonyl (C=O) groups excluding carboxylic acids is 1. The fourth-order valence-corrected chi connectivity index (χ4v) is 4.53. The Labute approximate surface area is 179 Å². The van der Waals surface area contributed by atoms with Crippen molar-refractivity contribution in [2.24, 2.45) is 17.8 Å². The molecule has 1 saturated carbocycles. The van der Waals surface area contributed by atoms with Crippen LogP contribution in [0.1, 0.15) is 124 Å². The summed E-state index contributed by atoms with van der Waals surface area (Å²) in [6.07, 6.45) is 17.5. The van der Waals surface area contributed by atoms with Crippen LogP contribution in [0.2, 0.25) is 0 Å². The SMILES string of the molecule is CCCC(CCCCCCCCCCC(C)C)OC(=O)C1CCCCC1C(=O)O. The van der Waals surface area contributed by atoms with Gasteiger partial charge in [0.1, 0.15) is 6.10 Å². The molecule has 0 spiro atoms. The van der Waals surface area contributed by atoms with E-state index in [0.717, 1.165) is 44.4 Å². The predicted molar refractivity (Wildman–Crippen MR) is 119 cm³/mol. The minimum absolute atomic E-state index is 0.0418. The van der Waals surface area contributed by atoms with Crippen LogP contribution in [0.5, 0.6) is 0 Å². The Morgan fingerprint density at radius 3 is 1.86 bits per heavy atom. The number of carboxylic acids is 1. The van der Waals surface area contributed by atoms with Crippen molar-refractivity contribution in [3.8, 4) is 0 Å². The van der Waals surface area contributed by atoms with Gasteiger partial charge in [0, 0.05) is 0 Å². The number of hydrogen-bond donors (Lipinski definition) is 1. The number of hydrogen-bond acceptors (Lipinski definition) is 3.